The Morgan fingerprint density at radius 2 is 1.82 bits per heavy atom. The summed E-state index contributed by atoms with van der Waals surface area (Å²) in [5.74, 6) is -2.25. The first-order valence-electron chi connectivity index (χ1n) is 14.9. The number of hydrogen-bond donors (Lipinski definition) is 1. The van der Waals surface area contributed by atoms with Crippen LogP contribution in [0.25, 0.3) is 0 Å². The van der Waals surface area contributed by atoms with Crippen molar-refractivity contribution in [3.63, 3.8) is 0 Å². The van der Waals surface area contributed by atoms with E-state index in [9.17, 15) is 19.2 Å². The summed E-state index contributed by atoms with van der Waals surface area (Å²) in [5, 5.41) is 2.71. The van der Waals surface area contributed by atoms with Crippen LogP contribution >= 0.6 is 0 Å². The van der Waals surface area contributed by atoms with E-state index in [1.54, 1.807) is 31.2 Å². The van der Waals surface area contributed by atoms with Gasteiger partial charge in [-0.15, -0.1) is 0 Å². The zero-order chi connectivity index (χ0) is 31.9. The summed E-state index contributed by atoms with van der Waals surface area (Å²) in [5.41, 5.74) is 0.267. The molecular weight excluding hydrogens is 572 g/mol. The Morgan fingerprint density at radius 3 is 2.52 bits per heavy atom. The number of unbranched alkanes of at least 4 members (excludes halogenated alkanes) is 2. The molecule has 1 aliphatic rings. The van der Waals surface area contributed by atoms with Gasteiger partial charge in [-0.05, 0) is 44.7 Å². The van der Waals surface area contributed by atoms with Crippen LogP contribution in [0.2, 0.25) is 0 Å². The lowest BCUT2D eigenvalue weighted by Crippen LogP contribution is -2.48. The number of nitrogens with one attached hydrogen (secondary N) is 1. The van der Waals surface area contributed by atoms with Crippen LogP contribution in [0.15, 0.2) is 42.6 Å². The lowest BCUT2D eigenvalue weighted by molar-refractivity contribution is -0.167. The normalized spacial score (nSPS) is 20.5. The molecule has 0 spiro atoms. The van der Waals surface area contributed by atoms with E-state index in [2.05, 4.69) is 17.2 Å². The van der Waals surface area contributed by atoms with Gasteiger partial charge in [0.05, 0.1) is 12.7 Å². The van der Waals surface area contributed by atoms with Crippen LogP contribution in [0.3, 0.4) is 0 Å². The maximum Gasteiger partial charge on any atom is 0.338 e. The minimum atomic E-state index is -0.997. The van der Waals surface area contributed by atoms with Crippen LogP contribution < -0.4 is 14.8 Å². The van der Waals surface area contributed by atoms with E-state index in [1.165, 1.54) is 26.3 Å². The molecule has 3 rings (SSSR count). The number of methoxy groups -OCH3 is 1. The Morgan fingerprint density at radius 1 is 1.07 bits per heavy atom. The predicted molar refractivity (Wildman–Crippen MR) is 158 cm³/mol. The van der Waals surface area contributed by atoms with Gasteiger partial charge in [-0.3, -0.25) is 9.59 Å². The standard InChI is InChI=1S/C32H42N2O10/c1-5-6-12-19-40-28-21(2)43-32(38)24(15-10-11-16-26(28)44-31(37)23-13-8-7-9-14-23)34-30(36)27-29(42-20-41-22(3)35)25(39-4)17-18-33-27/h7-9,13-14,17-18,21,24,26,28H,5-6,10-12,15-16,19-20H2,1-4H3,(H,34,36)/t21-,24-,26-,28-/m0/s1. The van der Waals surface area contributed by atoms with Crippen molar-refractivity contribution in [3.05, 3.63) is 53.9 Å². The number of cyclic esters (lactones) is 1. The zero-order valence-electron chi connectivity index (χ0n) is 25.7. The van der Waals surface area contributed by atoms with Crippen LogP contribution in [0.1, 0.15) is 86.6 Å². The third-order valence-corrected chi connectivity index (χ3v) is 7.05. The van der Waals surface area contributed by atoms with E-state index in [-0.39, 0.29) is 23.6 Å². The first kappa shape index (κ1) is 34.3. The van der Waals surface area contributed by atoms with Gasteiger partial charge in [0.2, 0.25) is 6.79 Å². The molecule has 44 heavy (non-hydrogen) atoms. The van der Waals surface area contributed by atoms with Crippen molar-refractivity contribution in [2.24, 2.45) is 0 Å². The maximum absolute atomic E-state index is 13.4. The van der Waals surface area contributed by atoms with Gasteiger partial charge in [0.1, 0.15) is 24.4 Å². The van der Waals surface area contributed by atoms with Gasteiger partial charge in [0.25, 0.3) is 5.91 Å². The molecule has 0 saturated carbocycles. The van der Waals surface area contributed by atoms with Gasteiger partial charge < -0.3 is 33.7 Å². The molecule has 1 fully saturated rings. The number of carbonyl (C=O) groups is 4. The number of pyridine rings is 1. The summed E-state index contributed by atoms with van der Waals surface area (Å²) in [4.78, 5) is 55.0. The maximum atomic E-state index is 13.4. The molecule has 12 heteroatoms. The number of rotatable bonds is 13. The molecule has 4 atom stereocenters. The average Bonchev–Trinajstić information content (AvgIpc) is 3.01. The highest BCUT2D eigenvalue weighted by atomic mass is 16.7. The van der Waals surface area contributed by atoms with Gasteiger partial charge >= 0.3 is 17.9 Å². The van der Waals surface area contributed by atoms with Crippen LogP contribution in [-0.2, 0) is 28.5 Å². The van der Waals surface area contributed by atoms with E-state index in [0.717, 1.165) is 19.3 Å². The predicted octanol–water partition coefficient (Wildman–Crippen LogP) is 4.39. The highest BCUT2D eigenvalue weighted by Crippen LogP contribution is 2.30. The molecule has 2 heterocycles. The molecule has 1 amide bonds. The van der Waals surface area contributed by atoms with E-state index in [1.807, 2.05) is 6.07 Å². The highest BCUT2D eigenvalue weighted by Gasteiger charge is 2.36. The third-order valence-electron chi connectivity index (χ3n) is 7.05. The second-order valence-electron chi connectivity index (χ2n) is 10.4. The summed E-state index contributed by atoms with van der Waals surface area (Å²) in [6.45, 7) is 4.95. The molecule has 0 aliphatic carbocycles. The Kier molecular flexibility index (Phi) is 13.9. The minimum Gasteiger partial charge on any atom is -0.493 e. The molecule has 1 aromatic carbocycles. The van der Waals surface area contributed by atoms with Gasteiger partial charge in [-0.1, -0.05) is 44.4 Å². The first-order chi connectivity index (χ1) is 21.2. The van der Waals surface area contributed by atoms with Gasteiger partial charge in [-0.25, -0.2) is 14.6 Å². The number of aromatic nitrogens is 1. The smallest absolute Gasteiger partial charge is 0.338 e. The molecule has 0 radical (unpaired) electrons. The Labute approximate surface area is 257 Å². The van der Waals surface area contributed by atoms with E-state index in [0.29, 0.717) is 31.4 Å². The molecule has 0 unspecified atom stereocenters. The first-order valence-corrected chi connectivity index (χ1v) is 14.9. The summed E-state index contributed by atoms with van der Waals surface area (Å²) >= 11 is 0. The van der Waals surface area contributed by atoms with Gasteiger partial charge in [0, 0.05) is 25.8 Å². The number of nitrogens with zero attached hydrogens (tertiary/aromatic N) is 1. The molecule has 0 bridgehead atoms. The van der Waals surface area contributed by atoms with Crippen molar-refractivity contribution in [2.45, 2.75) is 90.1 Å². The van der Waals surface area contributed by atoms with Crippen molar-refractivity contribution < 1.29 is 47.6 Å². The number of carbonyl (C=O) groups excluding carboxylic acids is 4. The van der Waals surface area contributed by atoms with Crippen molar-refractivity contribution in [1.82, 2.24) is 10.3 Å². The number of amides is 1. The SMILES string of the molecule is CCCCCO[C@H]1[C@H](C)OC(=O)[C@@H](NC(=O)c2nccc(OC)c2OCOC(C)=O)CCCC[C@@H]1OC(=O)c1ccccc1. The minimum absolute atomic E-state index is 0.0426. The fraction of sp³-hybridized carbons (Fsp3) is 0.531. The monoisotopic (exact) mass is 614 g/mol. The molecule has 1 aliphatic heterocycles. The number of esters is 3. The Bertz CT molecular complexity index is 1240. The van der Waals surface area contributed by atoms with Crippen molar-refractivity contribution >= 4 is 23.8 Å². The van der Waals surface area contributed by atoms with Gasteiger partial charge in [-0.2, -0.15) is 0 Å². The fourth-order valence-corrected chi connectivity index (χ4v) is 4.75. The molecule has 1 N–H and O–H groups in total. The number of benzene rings is 1. The van der Waals surface area contributed by atoms with E-state index in [4.69, 9.17) is 28.4 Å². The fourth-order valence-electron chi connectivity index (χ4n) is 4.75. The van der Waals surface area contributed by atoms with Crippen molar-refractivity contribution in [1.29, 1.82) is 0 Å². The second kappa shape index (κ2) is 17.8. The number of hydrogen-bond acceptors (Lipinski definition) is 11. The van der Waals surface area contributed by atoms with E-state index >= 15 is 0 Å². The highest BCUT2D eigenvalue weighted by molar-refractivity contribution is 5.98. The summed E-state index contributed by atoms with van der Waals surface area (Å²) in [6, 6.07) is 9.19. The lowest BCUT2D eigenvalue weighted by atomic mass is 9.98. The third kappa shape index (κ3) is 10.2. The van der Waals surface area contributed by atoms with Crippen LogP contribution in [-0.4, -0.2) is 73.7 Å². The second-order valence-corrected chi connectivity index (χ2v) is 10.4. The van der Waals surface area contributed by atoms with Crippen molar-refractivity contribution in [3.8, 4) is 11.5 Å². The van der Waals surface area contributed by atoms with Crippen LogP contribution in [0.5, 0.6) is 11.5 Å². The summed E-state index contributed by atoms with van der Waals surface area (Å²) in [7, 11) is 1.39. The lowest BCUT2D eigenvalue weighted by Gasteiger charge is -2.33. The molecule has 240 valence electrons. The van der Waals surface area contributed by atoms with Crippen LogP contribution in [0.4, 0.5) is 0 Å². The van der Waals surface area contributed by atoms with Crippen LogP contribution in [0, 0.1) is 0 Å². The number of ether oxygens (including phenoxy) is 6. The Balaban J connectivity index is 1.77. The summed E-state index contributed by atoms with van der Waals surface area (Å²) < 4.78 is 33.5. The Hall–Kier alpha value is -4.19. The average molecular weight is 615 g/mol. The molecule has 1 saturated heterocycles. The largest absolute Gasteiger partial charge is 0.493 e. The summed E-state index contributed by atoms with van der Waals surface area (Å²) in [6.07, 6.45) is 3.87. The quantitative estimate of drug-likeness (QED) is 0.148. The molecular formula is C32H42N2O10. The van der Waals surface area contributed by atoms with E-state index < -0.39 is 55.0 Å². The van der Waals surface area contributed by atoms with Gasteiger partial charge in [0.15, 0.2) is 17.2 Å². The molecule has 1 aromatic heterocycles. The molecule has 12 nitrogen and oxygen atoms in total. The molecule has 2 aromatic rings. The topological polar surface area (TPSA) is 149 Å². The zero-order valence-corrected chi connectivity index (χ0v) is 25.7. The van der Waals surface area contributed by atoms with Crippen molar-refractivity contribution in [2.75, 3.05) is 20.5 Å².